The molecule has 22 heavy (non-hydrogen) atoms. The monoisotopic (exact) mass is 335 g/mol. The minimum atomic E-state index is -0.248. The van der Waals surface area contributed by atoms with Crippen LogP contribution in [0.25, 0.3) is 6.08 Å². The molecule has 2 aromatic rings. The van der Waals surface area contributed by atoms with Crippen molar-refractivity contribution in [3.05, 3.63) is 45.6 Å². The van der Waals surface area contributed by atoms with Gasteiger partial charge < -0.3 is 14.8 Å². The third-order valence-corrected chi connectivity index (χ3v) is 4.08. The lowest BCUT2D eigenvalue weighted by molar-refractivity contribution is -0.111. The number of carbonyl (C=O) groups excluding carboxylic acids is 1. The number of halogens is 1. The molecule has 6 heteroatoms. The number of ether oxygens (including phenoxy) is 2. The Morgan fingerprint density at radius 2 is 2.05 bits per heavy atom. The number of fused-ring (bicyclic) bond motifs is 1. The highest BCUT2D eigenvalue weighted by Gasteiger charge is 2.14. The van der Waals surface area contributed by atoms with Gasteiger partial charge >= 0.3 is 0 Å². The summed E-state index contributed by atoms with van der Waals surface area (Å²) in [7, 11) is 0. The number of thiophene rings is 1. The molecule has 0 aliphatic carbocycles. The maximum atomic E-state index is 12.0. The molecule has 1 aromatic heterocycles. The van der Waals surface area contributed by atoms with Gasteiger partial charge in [0.15, 0.2) is 11.5 Å². The van der Waals surface area contributed by atoms with Crippen LogP contribution in [0.3, 0.4) is 0 Å². The Labute approximate surface area is 137 Å². The lowest BCUT2D eigenvalue weighted by atomic mass is 10.2. The Kier molecular flexibility index (Phi) is 4.65. The minimum absolute atomic E-state index is 0.248. The smallest absolute Gasteiger partial charge is 0.248 e. The zero-order valence-electron chi connectivity index (χ0n) is 11.7. The molecule has 1 N–H and O–H groups in total. The van der Waals surface area contributed by atoms with Crippen LogP contribution in [0.4, 0.5) is 5.69 Å². The normalized spacial score (nSPS) is 13.9. The molecule has 0 fully saturated rings. The van der Waals surface area contributed by atoms with Gasteiger partial charge in [0.2, 0.25) is 5.91 Å². The third kappa shape index (κ3) is 3.61. The van der Waals surface area contributed by atoms with E-state index in [2.05, 4.69) is 5.32 Å². The molecule has 114 valence electrons. The van der Waals surface area contributed by atoms with Crippen molar-refractivity contribution in [2.24, 2.45) is 0 Å². The van der Waals surface area contributed by atoms with Crippen LogP contribution in [0, 0.1) is 0 Å². The van der Waals surface area contributed by atoms with Gasteiger partial charge in [-0.15, -0.1) is 0 Å². The first kappa shape index (κ1) is 14.9. The van der Waals surface area contributed by atoms with E-state index in [1.165, 1.54) is 6.08 Å². The molecule has 1 aliphatic rings. The SMILES string of the molecule is O=C(C=Cc1ccsc1)Nc1cc2c(cc1Cl)OCCCO2. The summed E-state index contributed by atoms with van der Waals surface area (Å²) in [6.07, 6.45) is 4.04. The van der Waals surface area contributed by atoms with Crippen molar-refractivity contribution < 1.29 is 14.3 Å². The Morgan fingerprint density at radius 1 is 1.27 bits per heavy atom. The van der Waals surface area contributed by atoms with Gasteiger partial charge in [0.05, 0.1) is 23.9 Å². The molecular weight excluding hydrogens is 322 g/mol. The first-order valence-electron chi connectivity index (χ1n) is 6.83. The predicted octanol–water partition coefficient (Wildman–Crippen LogP) is 4.21. The summed E-state index contributed by atoms with van der Waals surface area (Å²) in [6.45, 7) is 1.18. The Morgan fingerprint density at radius 3 is 2.77 bits per heavy atom. The first-order valence-corrected chi connectivity index (χ1v) is 8.15. The Balaban J connectivity index is 1.74. The summed E-state index contributed by atoms with van der Waals surface area (Å²) in [5, 5.41) is 7.09. The maximum Gasteiger partial charge on any atom is 0.248 e. The number of amides is 1. The highest BCUT2D eigenvalue weighted by Crippen LogP contribution is 2.37. The van der Waals surface area contributed by atoms with E-state index in [1.54, 1.807) is 29.5 Å². The van der Waals surface area contributed by atoms with E-state index in [0.29, 0.717) is 35.4 Å². The van der Waals surface area contributed by atoms with E-state index in [0.717, 1.165) is 12.0 Å². The summed E-state index contributed by atoms with van der Waals surface area (Å²) < 4.78 is 11.1. The maximum absolute atomic E-state index is 12.0. The van der Waals surface area contributed by atoms with E-state index >= 15 is 0 Å². The largest absolute Gasteiger partial charge is 0.490 e. The standard InChI is InChI=1S/C16H14ClNO3S/c17-12-8-14-15(21-6-1-5-20-14)9-13(12)18-16(19)3-2-11-4-7-22-10-11/h2-4,7-10H,1,5-6H2,(H,18,19). The van der Waals surface area contributed by atoms with E-state index in [-0.39, 0.29) is 5.91 Å². The van der Waals surface area contributed by atoms with Gasteiger partial charge in [-0.1, -0.05) is 11.6 Å². The van der Waals surface area contributed by atoms with E-state index in [1.807, 2.05) is 16.8 Å². The van der Waals surface area contributed by atoms with Crippen LogP contribution in [0.1, 0.15) is 12.0 Å². The molecule has 0 unspecified atom stereocenters. The minimum Gasteiger partial charge on any atom is -0.490 e. The summed E-state index contributed by atoms with van der Waals surface area (Å²) in [4.78, 5) is 12.0. The molecular formula is C16H14ClNO3S. The Bertz CT molecular complexity index is 698. The second-order valence-electron chi connectivity index (χ2n) is 4.71. The lowest BCUT2D eigenvalue weighted by Crippen LogP contribution is -2.08. The highest BCUT2D eigenvalue weighted by atomic mass is 35.5. The second-order valence-corrected chi connectivity index (χ2v) is 5.90. The average molecular weight is 336 g/mol. The molecule has 4 nitrogen and oxygen atoms in total. The molecule has 0 atom stereocenters. The number of nitrogens with one attached hydrogen (secondary N) is 1. The van der Waals surface area contributed by atoms with Crippen LogP contribution >= 0.6 is 22.9 Å². The van der Waals surface area contributed by atoms with Crippen molar-refractivity contribution in [2.45, 2.75) is 6.42 Å². The quantitative estimate of drug-likeness (QED) is 0.854. The van der Waals surface area contributed by atoms with E-state index in [9.17, 15) is 4.79 Å². The summed E-state index contributed by atoms with van der Waals surface area (Å²) in [5.41, 5.74) is 1.50. The second kappa shape index (κ2) is 6.85. The molecule has 1 aromatic carbocycles. The van der Waals surface area contributed by atoms with Crippen LogP contribution in [0.15, 0.2) is 35.0 Å². The first-order chi connectivity index (χ1) is 10.7. The third-order valence-electron chi connectivity index (χ3n) is 3.07. The van der Waals surface area contributed by atoms with Crippen molar-refractivity contribution in [1.29, 1.82) is 0 Å². The molecule has 2 heterocycles. The summed E-state index contributed by atoms with van der Waals surface area (Å²) in [6, 6.07) is 5.30. The van der Waals surface area contributed by atoms with Crippen molar-refractivity contribution in [1.82, 2.24) is 0 Å². The van der Waals surface area contributed by atoms with Gasteiger partial charge in [-0.2, -0.15) is 11.3 Å². The van der Waals surface area contributed by atoms with Crippen LogP contribution in [-0.4, -0.2) is 19.1 Å². The van der Waals surface area contributed by atoms with Gasteiger partial charge in [0, 0.05) is 24.6 Å². The molecule has 1 aliphatic heterocycles. The van der Waals surface area contributed by atoms with Crippen LogP contribution < -0.4 is 14.8 Å². The number of hydrogen-bond donors (Lipinski definition) is 1. The number of benzene rings is 1. The topological polar surface area (TPSA) is 47.6 Å². The van der Waals surface area contributed by atoms with Gasteiger partial charge in [-0.05, 0) is 28.5 Å². The highest BCUT2D eigenvalue weighted by molar-refractivity contribution is 7.08. The number of carbonyl (C=O) groups is 1. The molecule has 0 saturated carbocycles. The fraction of sp³-hybridized carbons (Fsp3) is 0.188. The molecule has 3 rings (SSSR count). The Hall–Kier alpha value is -1.98. The van der Waals surface area contributed by atoms with Crippen molar-refractivity contribution in [3.63, 3.8) is 0 Å². The zero-order chi connectivity index (χ0) is 15.4. The zero-order valence-corrected chi connectivity index (χ0v) is 13.2. The van der Waals surface area contributed by atoms with E-state index < -0.39 is 0 Å². The molecule has 0 bridgehead atoms. The fourth-order valence-electron chi connectivity index (χ4n) is 2.00. The number of anilines is 1. The van der Waals surface area contributed by atoms with E-state index in [4.69, 9.17) is 21.1 Å². The van der Waals surface area contributed by atoms with Gasteiger partial charge in [-0.3, -0.25) is 4.79 Å². The van der Waals surface area contributed by atoms with Crippen molar-refractivity contribution >= 4 is 40.6 Å². The molecule has 1 amide bonds. The lowest BCUT2D eigenvalue weighted by Gasteiger charge is -2.11. The molecule has 0 spiro atoms. The fourth-order valence-corrected chi connectivity index (χ4v) is 2.83. The van der Waals surface area contributed by atoms with Crippen LogP contribution in [0.2, 0.25) is 5.02 Å². The summed E-state index contributed by atoms with van der Waals surface area (Å²) >= 11 is 7.77. The van der Waals surface area contributed by atoms with Gasteiger partial charge in [0.1, 0.15) is 0 Å². The van der Waals surface area contributed by atoms with Crippen molar-refractivity contribution in [2.75, 3.05) is 18.5 Å². The number of rotatable bonds is 3. The molecule has 0 radical (unpaired) electrons. The summed E-state index contributed by atoms with van der Waals surface area (Å²) in [5.74, 6) is 0.955. The predicted molar refractivity (Wildman–Crippen MR) is 89.0 cm³/mol. The van der Waals surface area contributed by atoms with Crippen molar-refractivity contribution in [3.8, 4) is 11.5 Å². The molecule has 0 saturated heterocycles. The van der Waals surface area contributed by atoms with Crippen LogP contribution in [0.5, 0.6) is 11.5 Å². The average Bonchev–Trinajstić information content (AvgIpc) is 2.92. The number of hydrogen-bond acceptors (Lipinski definition) is 4. The van der Waals surface area contributed by atoms with Crippen LogP contribution in [-0.2, 0) is 4.79 Å². The van der Waals surface area contributed by atoms with Gasteiger partial charge in [0.25, 0.3) is 0 Å². The van der Waals surface area contributed by atoms with Gasteiger partial charge in [-0.25, -0.2) is 0 Å².